The fraction of sp³-hybridized carbons (Fsp3) is 0.125. The van der Waals surface area contributed by atoms with E-state index in [2.05, 4.69) is 20.2 Å². The lowest BCUT2D eigenvalue weighted by molar-refractivity contribution is 0.269. The second kappa shape index (κ2) is 8.28. The molecule has 1 N–H and O–H groups in total. The molecule has 5 rings (SSSR count). The number of hydrogen-bond acceptors (Lipinski definition) is 4. The van der Waals surface area contributed by atoms with E-state index in [-0.39, 0.29) is 17.9 Å². The van der Waals surface area contributed by atoms with Gasteiger partial charge >= 0.3 is 0 Å². The normalized spacial score (nSPS) is 18.2. The van der Waals surface area contributed by atoms with Gasteiger partial charge in [-0.25, -0.2) is 4.39 Å². The van der Waals surface area contributed by atoms with Crippen LogP contribution in [-0.4, -0.2) is 20.0 Å². The summed E-state index contributed by atoms with van der Waals surface area (Å²) in [5, 5.41) is 4.04. The third-order valence-electron chi connectivity index (χ3n) is 5.32. The molecule has 4 aromatic rings. The van der Waals surface area contributed by atoms with E-state index in [4.69, 9.17) is 16.6 Å². The summed E-state index contributed by atoms with van der Waals surface area (Å²) in [4.78, 5) is 10.9. The molecule has 0 unspecified atom stereocenters. The van der Waals surface area contributed by atoms with Gasteiger partial charge in [-0.1, -0.05) is 12.1 Å². The van der Waals surface area contributed by atoms with Crippen LogP contribution in [-0.2, 0) is 6.54 Å². The molecule has 7 heteroatoms. The monoisotopic (exact) mass is 430 g/mol. The first-order valence-electron chi connectivity index (χ1n) is 9.92. The van der Waals surface area contributed by atoms with Gasteiger partial charge < -0.3 is 14.6 Å². The number of furan rings is 1. The molecule has 0 radical (unpaired) electrons. The highest BCUT2D eigenvalue weighted by Gasteiger charge is 2.41. The van der Waals surface area contributed by atoms with Crippen LogP contribution < -0.4 is 5.32 Å². The zero-order valence-electron chi connectivity index (χ0n) is 16.5. The summed E-state index contributed by atoms with van der Waals surface area (Å²) < 4.78 is 19.6. The molecule has 3 aromatic heterocycles. The van der Waals surface area contributed by atoms with Gasteiger partial charge in [-0.2, -0.15) is 0 Å². The van der Waals surface area contributed by atoms with Crippen molar-refractivity contribution in [3.8, 4) is 11.3 Å². The minimum atomic E-state index is -0.279. The first kappa shape index (κ1) is 19.4. The van der Waals surface area contributed by atoms with E-state index in [1.54, 1.807) is 24.5 Å². The van der Waals surface area contributed by atoms with Crippen molar-refractivity contribution >= 4 is 17.3 Å². The van der Waals surface area contributed by atoms with Gasteiger partial charge in [-0.05, 0) is 72.4 Å². The molecular weight excluding hydrogens is 411 g/mol. The van der Waals surface area contributed by atoms with E-state index in [0.29, 0.717) is 17.4 Å². The summed E-state index contributed by atoms with van der Waals surface area (Å²) in [6.07, 6.45) is 5.35. The van der Waals surface area contributed by atoms with Crippen molar-refractivity contribution in [1.82, 2.24) is 20.2 Å². The number of benzene rings is 1. The standard InChI is InChI=1S/C24H19FN4OS/c25-18-8-6-17(7-9-18)20-10-11-21(30-20)23-22(19-5-1-2-13-27-19)28-24(31)29(23)15-16-4-3-12-26-14-16/h1-14,22-23H,15H2,(H,28,31)/t22-,23-/m1/s1. The Morgan fingerprint density at radius 3 is 2.61 bits per heavy atom. The molecule has 0 amide bonds. The molecule has 0 aliphatic carbocycles. The van der Waals surface area contributed by atoms with Crippen molar-refractivity contribution in [2.45, 2.75) is 18.6 Å². The number of thiocarbonyl (C=S) groups is 1. The number of nitrogens with zero attached hydrogens (tertiary/aromatic N) is 3. The summed E-state index contributed by atoms with van der Waals surface area (Å²) >= 11 is 5.69. The topological polar surface area (TPSA) is 54.2 Å². The highest BCUT2D eigenvalue weighted by molar-refractivity contribution is 7.80. The minimum absolute atomic E-state index is 0.169. The Labute approximate surface area is 184 Å². The maximum atomic E-state index is 13.3. The molecule has 31 heavy (non-hydrogen) atoms. The van der Waals surface area contributed by atoms with Crippen LogP contribution in [0, 0.1) is 5.82 Å². The average molecular weight is 431 g/mol. The van der Waals surface area contributed by atoms with Gasteiger partial charge in [-0.15, -0.1) is 0 Å². The van der Waals surface area contributed by atoms with Crippen LogP contribution in [0.4, 0.5) is 4.39 Å². The van der Waals surface area contributed by atoms with Crippen LogP contribution >= 0.6 is 12.2 Å². The van der Waals surface area contributed by atoms with Gasteiger partial charge in [0, 0.05) is 30.7 Å². The van der Waals surface area contributed by atoms with Crippen LogP contribution in [0.1, 0.15) is 29.1 Å². The molecular formula is C24H19FN4OS. The molecule has 0 bridgehead atoms. The quantitative estimate of drug-likeness (QED) is 0.447. The molecule has 1 aliphatic rings. The number of aromatic nitrogens is 2. The van der Waals surface area contributed by atoms with Crippen LogP contribution in [0.25, 0.3) is 11.3 Å². The summed E-state index contributed by atoms with van der Waals surface area (Å²) in [6, 6.07) is 19.5. The lowest BCUT2D eigenvalue weighted by atomic mass is 10.0. The van der Waals surface area contributed by atoms with Crippen molar-refractivity contribution in [3.05, 3.63) is 108 Å². The molecule has 5 nitrogen and oxygen atoms in total. The second-order valence-corrected chi connectivity index (χ2v) is 7.71. The van der Waals surface area contributed by atoms with Crippen molar-refractivity contribution in [1.29, 1.82) is 0 Å². The average Bonchev–Trinajstić information content (AvgIpc) is 3.41. The van der Waals surface area contributed by atoms with Crippen molar-refractivity contribution in [2.24, 2.45) is 0 Å². The Balaban J connectivity index is 1.53. The summed E-state index contributed by atoms with van der Waals surface area (Å²) in [7, 11) is 0. The molecule has 2 atom stereocenters. The number of halogens is 1. The van der Waals surface area contributed by atoms with Gasteiger partial charge in [0.05, 0.1) is 11.7 Å². The summed E-state index contributed by atoms with van der Waals surface area (Å²) in [5.41, 5.74) is 2.74. The second-order valence-electron chi connectivity index (χ2n) is 7.32. The third-order valence-corrected chi connectivity index (χ3v) is 5.67. The van der Waals surface area contributed by atoms with Gasteiger partial charge in [0.2, 0.25) is 0 Å². The van der Waals surface area contributed by atoms with Crippen molar-refractivity contribution in [2.75, 3.05) is 0 Å². The highest BCUT2D eigenvalue weighted by atomic mass is 32.1. The Bertz CT molecular complexity index is 1180. The first-order valence-corrected chi connectivity index (χ1v) is 10.3. The van der Waals surface area contributed by atoms with Crippen LogP contribution in [0.2, 0.25) is 0 Å². The van der Waals surface area contributed by atoms with Gasteiger partial charge in [0.1, 0.15) is 23.4 Å². The number of rotatable bonds is 5. The molecule has 0 spiro atoms. The Morgan fingerprint density at radius 1 is 1.00 bits per heavy atom. The molecule has 1 fully saturated rings. The Hall–Kier alpha value is -3.58. The summed E-state index contributed by atoms with van der Waals surface area (Å²) in [5.74, 6) is 1.15. The Morgan fingerprint density at radius 2 is 1.87 bits per heavy atom. The largest absolute Gasteiger partial charge is 0.459 e. The number of pyridine rings is 2. The molecule has 4 heterocycles. The van der Waals surface area contributed by atoms with Gasteiger partial charge in [0.25, 0.3) is 0 Å². The van der Waals surface area contributed by atoms with Crippen LogP contribution in [0.15, 0.2) is 89.7 Å². The van der Waals surface area contributed by atoms with Gasteiger partial charge in [-0.3, -0.25) is 9.97 Å². The lowest BCUT2D eigenvalue weighted by Gasteiger charge is -2.26. The van der Waals surface area contributed by atoms with Crippen molar-refractivity contribution in [3.63, 3.8) is 0 Å². The highest BCUT2D eigenvalue weighted by Crippen LogP contribution is 2.41. The van der Waals surface area contributed by atoms with E-state index >= 15 is 0 Å². The molecule has 1 saturated heterocycles. The number of nitrogens with one attached hydrogen (secondary N) is 1. The van der Waals surface area contributed by atoms with E-state index in [1.807, 2.05) is 48.7 Å². The molecule has 1 aliphatic heterocycles. The third kappa shape index (κ3) is 3.92. The SMILES string of the molecule is Fc1ccc(-c2ccc([C@@H]3[C@@H](c4ccccn4)NC(=S)N3Cc3cccnc3)o2)cc1. The zero-order valence-corrected chi connectivity index (χ0v) is 17.3. The maximum Gasteiger partial charge on any atom is 0.170 e. The predicted molar refractivity (Wildman–Crippen MR) is 119 cm³/mol. The van der Waals surface area contributed by atoms with Crippen LogP contribution in [0.5, 0.6) is 0 Å². The molecule has 154 valence electrons. The smallest absolute Gasteiger partial charge is 0.170 e. The molecule has 1 aromatic carbocycles. The van der Waals surface area contributed by atoms with Crippen molar-refractivity contribution < 1.29 is 8.81 Å². The predicted octanol–water partition coefficient (Wildman–Crippen LogP) is 5.05. The van der Waals surface area contributed by atoms with E-state index in [1.165, 1.54) is 12.1 Å². The van der Waals surface area contributed by atoms with E-state index in [9.17, 15) is 4.39 Å². The fourth-order valence-electron chi connectivity index (χ4n) is 3.85. The number of hydrogen-bond donors (Lipinski definition) is 1. The minimum Gasteiger partial charge on any atom is -0.459 e. The van der Waals surface area contributed by atoms with Gasteiger partial charge in [0.15, 0.2) is 5.11 Å². The summed E-state index contributed by atoms with van der Waals surface area (Å²) in [6.45, 7) is 0.584. The van der Waals surface area contributed by atoms with E-state index in [0.717, 1.165) is 22.6 Å². The first-order chi connectivity index (χ1) is 15.2. The lowest BCUT2D eigenvalue weighted by Crippen LogP contribution is -2.29. The maximum absolute atomic E-state index is 13.3. The molecule has 0 saturated carbocycles. The fourth-order valence-corrected chi connectivity index (χ4v) is 4.16. The zero-order chi connectivity index (χ0) is 21.2. The van der Waals surface area contributed by atoms with Crippen LogP contribution in [0.3, 0.4) is 0 Å². The Kier molecular flexibility index (Phi) is 5.18. The van der Waals surface area contributed by atoms with E-state index < -0.39 is 0 Å².